The maximum atomic E-state index is 14.1. The Kier molecular flexibility index (Phi) is 11.4. The lowest BCUT2D eigenvalue weighted by atomic mass is 9.68. The van der Waals surface area contributed by atoms with Crippen molar-refractivity contribution in [1.29, 1.82) is 0 Å². The highest BCUT2D eigenvalue weighted by Gasteiger charge is 2.72. The van der Waals surface area contributed by atoms with Crippen LogP contribution in [0.5, 0.6) is 5.75 Å². The number of anilines is 1. The Morgan fingerprint density at radius 3 is 2.48 bits per heavy atom. The molecule has 3 atom stereocenters. The molecule has 46 heavy (non-hydrogen) atoms. The molecule has 0 radical (unpaired) electrons. The first-order valence-electron chi connectivity index (χ1n) is 15.3. The maximum Gasteiger partial charge on any atom is 0.287 e. The van der Waals surface area contributed by atoms with Crippen molar-refractivity contribution in [1.82, 2.24) is 10.3 Å². The summed E-state index contributed by atoms with van der Waals surface area (Å²) in [6, 6.07) is 6.69. The number of aromatic nitrogens is 1. The van der Waals surface area contributed by atoms with E-state index in [1.165, 1.54) is 53.0 Å². The van der Waals surface area contributed by atoms with Crippen LogP contribution in [0, 0.1) is 24.6 Å². The van der Waals surface area contributed by atoms with Gasteiger partial charge in [-0.05, 0) is 55.5 Å². The summed E-state index contributed by atoms with van der Waals surface area (Å²) >= 11 is 1.31. The first-order chi connectivity index (χ1) is 21.7. The third kappa shape index (κ3) is 7.84. The van der Waals surface area contributed by atoms with Crippen molar-refractivity contribution in [3.63, 3.8) is 0 Å². The van der Waals surface area contributed by atoms with Crippen LogP contribution in [0.4, 0.5) is 18.9 Å². The van der Waals surface area contributed by atoms with Crippen LogP contribution in [-0.4, -0.2) is 61.0 Å². The van der Waals surface area contributed by atoms with Gasteiger partial charge in [0.05, 0.1) is 45.7 Å². The van der Waals surface area contributed by atoms with E-state index in [1.54, 1.807) is 19.2 Å². The lowest BCUT2D eigenvalue weighted by Crippen LogP contribution is -2.64. The molecule has 6 rings (SSSR count). The number of carbonyl (C=O) groups is 2. The van der Waals surface area contributed by atoms with Gasteiger partial charge in [0.2, 0.25) is 0 Å². The molecule has 1 aromatic heterocycles. The number of methoxy groups -OCH3 is 2. The number of nitrogens with zero attached hydrogens (tertiary/aromatic N) is 1. The van der Waals surface area contributed by atoms with Crippen molar-refractivity contribution in [3.05, 3.63) is 52.3 Å². The molecule has 2 amide bonds. The predicted molar refractivity (Wildman–Crippen MR) is 178 cm³/mol. The second-order valence-electron chi connectivity index (χ2n) is 12.6. The van der Waals surface area contributed by atoms with E-state index in [-0.39, 0.29) is 36.3 Å². The number of hydrogen-bond acceptors (Lipinski definition) is 7. The van der Waals surface area contributed by atoms with Crippen molar-refractivity contribution in [2.24, 2.45) is 11.8 Å². The van der Waals surface area contributed by atoms with Gasteiger partial charge in [0.15, 0.2) is 0 Å². The summed E-state index contributed by atoms with van der Waals surface area (Å²) < 4.78 is 58.2. The molecule has 3 aliphatic rings. The van der Waals surface area contributed by atoms with Gasteiger partial charge in [-0.15, -0.1) is 11.3 Å². The molecule has 0 spiro atoms. The van der Waals surface area contributed by atoms with E-state index in [2.05, 4.69) is 36.4 Å². The van der Waals surface area contributed by atoms with Crippen LogP contribution in [0.15, 0.2) is 30.3 Å². The largest absolute Gasteiger partial charge is 0.496 e. The van der Waals surface area contributed by atoms with Gasteiger partial charge in [-0.1, -0.05) is 42.9 Å². The normalized spacial score (nSPS) is 21.5. The number of nitrogens with one attached hydrogen (secondary N) is 2. The van der Waals surface area contributed by atoms with Crippen molar-refractivity contribution < 1.29 is 37.0 Å². The predicted octanol–water partition coefficient (Wildman–Crippen LogP) is 7.60. The number of halogens is 3. The maximum absolute atomic E-state index is 14.1. The van der Waals surface area contributed by atoms with Crippen molar-refractivity contribution in [2.45, 2.75) is 76.6 Å². The summed E-state index contributed by atoms with van der Waals surface area (Å²) in [5.74, 6) is -0.0176. The zero-order valence-corrected chi connectivity index (χ0v) is 29.1. The van der Waals surface area contributed by atoms with Crippen molar-refractivity contribution in [2.75, 3.05) is 32.8 Å². The molecule has 3 heterocycles. The fourth-order valence-corrected chi connectivity index (χ4v) is 7.65. The number of amides is 2. The van der Waals surface area contributed by atoms with Gasteiger partial charge >= 0.3 is 0 Å². The van der Waals surface area contributed by atoms with Crippen LogP contribution in [0.2, 0.25) is 0 Å². The van der Waals surface area contributed by atoms with E-state index in [0.29, 0.717) is 16.0 Å². The van der Waals surface area contributed by atoms with Crippen LogP contribution in [0.3, 0.4) is 0 Å². The Labute approximate surface area is 274 Å². The molecular weight excluding hydrogens is 638 g/mol. The molecule has 2 N–H and O–H groups in total. The monoisotopic (exact) mass is 681 g/mol. The minimum atomic E-state index is -3.12. The number of carbonyl (C=O) groups excluding carboxylic acids is 2. The number of hydrogen-bond donors (Lipinski definition) is 2. The number of fused-ring (bicyclic) bond motifs is 2. The summed E-state index contributed by atoms with van der Waals surface area (Å²) in [4.78, 5) is 30.8. The molecule has 13 heteroatoms. The minimum absolute atomic E-state index is 0.0113. The van der Waals surface area contributed by atoms with Crippen LogP contribution >= 0.6 is 20.6 Å². The number of ether oxygens (including phenoxy) is 3. The van der Waals surface area contributed by atoms with Gasteiger partial charge in [0.25, 0.3) is 17.5 Å². The van der Waals surface area contributed by atoms with Crippen molar-refractivity contribution in [3.8, 4) is 5.75 Å². The Balaban J connectivity index is 0.000000375. The second kappa shape index (κ2) is 14.5. The highest BCUT2D eigenvalue weighted by atomic mass is 32.1. The number of benzene rings is 2. The fraction of sp³-hybridized carbons (Fsp3) is 0.545. The molecule has 2 bridgehead atoms. The van der Waals surface area contributed by atoms with Gasteiger partial charge in [-0.2, -0.15) is 8.78 Å². The molecule has 3 fully saturated rings. The van der Waals surface area contributed by atoms with E-state index in [1.807, 2.05) is 6.92 Å². The topological polar surface area (TPSA) is 98.8 Å². The third-order valence-corrected chi connectivity index (χ3v) is 9.97. The smallest absolute Gasteiger partial charge is 0.287 e. The number of aryl methyl sites for hydroxylation is 1. The van der Waals surface area contributed by atoms with Gasteiger partial charge in [-0.25, -0.2) is 9.37 Å². The number of rotatable bonds is 12. The molecular formula is C33H43F3N3O5PS. The molecule has 252 valence electrons. The highest BCUT2D eigenvalue weighted by Crippen LogP contribution is 2.60. The van der Waals surface area contributed by atoms with Gasteiger partial charge in [-0.3, -0.25) is 9.59 Å². The molecule has 3 unspecified atom stereocenters. The Hall–Kier alpha value is -2.79. The molecule has 1 saturated carbocycles. The number of alkyl halides is 2. The molecule has 1 aliphatic carbocycles. The molecule has 8 nitrogen and oxygen atoms in total. The quantitative estimate of drug-likeness (QED) is 0.191. The Bertz CT molecular complexity index is 1550. The summed E-state index contributed by atoms with van der Waals surface area (Å²) in [5, 5.41) is 6.11. The first-order valence-corrected chi connectivity index (χ1v) is 16.7. The highest BCUT2D eigenvalue weighted by molar-refractivity contribution is 7.19. The van der Waals surface area contributed by atoms with E-state index < -0.39 is 34.4 Å². The standard InChI is InChI=1S/C23H21F3N3O4PS.C10H22O/c1-11-27-14-5-6-16(32-2)17(18(14)35-11)20(31)28-15-7-12(24)3-4-13(15)19(30)29-21-8-22(9-21,33-10-21)23(25,26)34;1-5-6-9(2)7-10(3)8-11-4/h3-7H,8-10,34H2,1-2H3,(H,28,31)(H,29,30);9-10H,5-8H2,1-4H3. The SMILES string of the molecule is CCCC(C)CC(C)COC.COc1ccc2nc(C)sc2c1C(=O)Nc1cc(F)ccc1C(=O)NC12COC(C(F)(F)P)(C1)C2. The average molecular weight is 682 g/mol. The summed E-state index contributed by atoms with van der Waals surface area (Å²) in [6.45, 7) is 9.49. The van der Waals surface area contributed by atoms with Crippen LogP contribution in [0.25, 0.3) is 10.2 Å². The third-order valence-electron chi connectivity index (χ3n) is 8.44. The first kappa shape index (κ1) is 36.1. The summed E-state index contributed by atoms with van der Waals surface area (Å²) in [6.07, 6.45) is 3.88. The lowest BCUT2D eigenvalue weighted by Gasteiger charge is -2.47. The minimum Gasteiger partial charge on any atom is -0.496 e. The molecule has 3 aromatic rings. The Morgan fingerprint density at radius 2 is 1.87 bits per heavy atom. The Morgan fingerprint density at radius 1 is 1.15 bits per heavy atom. The lowest BCUT2D eigenvalue weighted by molar-refractivity contribution is -0.145. The van der Waals surface area contributed by atoms with Gasteiger partial charge < -0.3 is 24.8 Å². The zero-order valence-electron chi connectivity index (χ0n) is 27.1. The second-order valence-corrected chi connectivity index (χ2v) is 14.5. The van der Waals surface area contributed by atoms with Gasteiger partial charge in [0.1, 0.15) is 22.7 Å². The summed E-state index contributed by atoms with van der Waals surface area (Å²) in [7, 11) is 4.70. The average Bonchev–Trinajstić information content (AvgIpc) is 3.64. The molecule has 2 aromatic carbocycles. The molecule has 2 saturated heterocycles. The zero-order chi connectivity index (χ0) is 33.9. The fourth-order valence-electron chi connectivity index (χ4n) is 6.41. The van der Waals surface area contributed by atoms with E-state index in [9.17, 15) is 22.8 Å². The van der Waals surface area contributed by atoms with Crippen LogP contribution in [0.1, 0.15) is 78.6 Å². The van der Waals surface area contributed by atoms with Crippen LogP contribution in [-0.2, 0) is 9.47 Å². The van der Waals surface area contributed by atoms with Crippen LogP contribution < -0.4 is 15.4 Å². The number of thiazole rings is 1. The summed E-state index contributed by atoms with van der Waals surface area (Å²) in [5.41, 5.74) is -4.94. The van der Waals surface area contributed by atoms with E-state index >= 15 is 0 Å². The van der Waals surface area contributed by atoms with E-state index in [4.69, 9.17) is 14.2 Å². The van der Waals surface area contributed by atoms with Gasteiger partial charge in [0, 0.05) is 26.6 Å². The molecule has 2 aliphatic heterocycles. The van der Waals surface area contributed by atoms with E-state index in [0.717, 1.165) is 35.6 Å². The van der Waals surface area contributed by atoms with Crippen molar-refractivity contribution >= 4 is 48.3 Å².